The quantitative estimate of drug-likeness (QED) is 0.887. The van der Waals surface area contributed by atoms with Crippen molar-refractivity contribution in [2.24, 2.45) is 0 Å². The number of rotatable bonds is 4. The third kappa shape index (κ3) is 3.74. The van der Waals surface area contributed by atoms with E-state index in [-0.39, 0.29) is 6.03 Å². The predicted octanol–water partition coefficient (Wildman–Crippen LogP) is 2.62. The molecule has 2 amide bonds. The molecule has 1 aliphatic heterocycles. The molecule has 1 saturated heterocycles. The molecule has 1 fully saturated rings. The molecule has 2 aromatic rings. The van der Waals surface area contributed by atoms with Gasteiger partial charge in [0.05, 0.1) is 12.1 Å². The second-order valence-corrected chi connectivity index (χ2v) is 6.97. The van der Waals surface area contributed by atoms with E-state index in [4.69, 9.17) is 0 Å². The minimum atomic E-state index is -1.00. The minimum absolute atomic E-state index is 0.173. The van der Waals surface area contributed by atoms with Gasteiger partial charge in [-0.05, 0) is 25.0 Å². The van der Waals surface area contributed by atoms with E-state index < -0.39 is 24.3 Å². The van der Waals surface area contributed by atoms with E-state index in [0.717, 1.165) is 11.1 Å². The molecule has 138 valence electrons. The highest BCUT2D eigenvalue weighted by atomic mass is 16.3. The van der Waals surface area contributed by atoms with Crippen LogP contribution in [0.5, 0.6) is 0 Å². The third-order valence-corrected chi connectivity index (χ3v) is 5.20. The van der Waals surface area contributed by atoms with Gasteiger partial charge in [0.2, 0.25) is 0 Å². The first-order valence-electron chi connectivity index (χ1n) is 9.00. The molecule has 0 bridgehead atoms. The van der Waals surface area contributed by atoms with Crippen molar-refractivity contribution in [1.29, 1.82) is 0 Å². The lowest BCUT2D eigenvalue weighted by atomic mass is 10.0. The Labute approximate surface area is 154 Å². The zero-order valence-electron chi connectivity index (χ0n) is 15.2. The van der Waals surface area contributed by atoms with Gasteiger partial charge in [-0.1, -0.05) is 60.7 Å². The highest BCUT2D eigenvalue weighted by Gasteiger charge is 2.42. The molecule has 2 aromatic carbocycles. The molecule has 2 N–H and O–H groups in total. The van der Waals surface area contributed by atoms with E-state index in [2.05, 4.69) is 0 Å². The van der Waals surface area contributed by atoms with Crippen molar-refractivity contribution in [3.8, 4) is 0 Å². The molecule has 0 aromatic heterocycles. The van der Waals surface area contributed by atoms with Gasteiger partial charge in [0.15, 0.2) is 0 Å². The summed E-state index contributed by atoms with van der Waals surface area (Å²) in [5.74, 6) is 0. The maximum absolute atomic E-state index is 13.3. The number of nitrogens with zero attached hydrogens (tertiary/aromatic N) is 2. The van der Waals surface area contributed by atoms with Crippen molar-refractivity contribution in [2.75, 3.05) is 0 Å². The molecular weight excluding hydrogens is 328 g/mol. The number of amides is 2. The molecule has 1 aliphatic rings. The number of carbonyl (C=O) groups excluding carboxylic acids is 1. The molecule has 0 aliphatic carbocycles. The highest BCUT2D eigenvalue weighted by Crippen LogP contribution is 2.25. The van der Waals surface area contributed by atoms with Crippen LogP contribution in [0.4, 0.5) is 4.79 Å². The molecule has 0 radical (unpaired) electrons. The van der Waals surface area contributed by atoms with Crippen LogP contribution < -0.4 is 0 Å². The molecule has 0 spiro atoms. The first-order valence-corrected chi connectivity index (χ1v) is 9.00. The highest BCUT2D eigenvalue weighted by molar-refractivity contribution is 5.76. The summed E-state index contributed by atoms with van der Waals surface area (Å²) in [6.45, 7) is 4.35. The van der Waals surface area contributed by atoms with Gasteiger partial charge in [-0.3, -0.25) is 0 Å². The topological polar surface area (TPSA) is 64.0 Å². The lowest BCUT2D eigenvalue weighted by Gasteiger charge is -2.33. The maximum atomic E-state index is 13.3. The van der Waals surface area contributed by atoms with Gasteiger partial charge in [0.1, 0.15) is 12.2 Å². The van der Waals surface area contributed by atoms with Crippen LogP contribution in [0.3, 0.4) is 0 Å². The van der Waals surface area contributed by atoms with Gasteiger partial charge < -0.3 is 20.0 Å². The summed E-state index contributed by atoms with van der Waals surface area (Å²) >= 11 is 0. The van der Waals surface area contributed by atoms with Crippen molar-refractivity contribution >= 4 is 6.03 Å². The second-order valence-electron chi connectivity index (χ2n) is 6.97. The summed E-state index contributed by atoms with van der Waals surface area (Å²) in [7, 11) is 0. The molecule has 5 heteroatoms. The molecular formula is C21H26N2O3. The average molecular weight is 354 g/mol. The van der Waals surface area contributed by atoms with Gasteiger partial charge in [-0.2, -0.15) is 0 Å². The Morgan fingerprint density at radius 2 is 1.08 bits per heavy atom. The number of aliphatic hydroxyl groups is 2. The fourth-order valence-corrected chi connectivity index (χ4v) is 3.44. The van der Waals surface area contributed by atoms with E-state index in [1.54, 1.807) is 23.6 Å². The van der Waals surface area contributed by atoms with Crippen molar-refractivity contribution in [3.63, 3.8) is 0 Å². The SMILES string of the molecule is C[C@@H]1[C@H](O)[C@@H](O)[C@@H](C)N(Cc2ccccc2)C(=O)N1Cc1ccccc1. The number of hydrogen-bond acceptors (Lipinski definition) is 3. The number of urea groups is 1. The molecule has 4 atom stereocenters. The van der Waals surface area contributed by atoms with Crippen LogP contribution in [0.2, 0.25) is 0 Å². The Bertz CT molecular complexity index is 661. The van der Waals surface area contributed by atoms with Crippen LogP contribution in [-0.2, 0) is 13.1 Å². The van der Waals surface area contributed by atoms with E-state index >= 15 is 0 Å². The number of carbonyl (C=O) groups is 1. The molecule has 0 saturated carbocycles. The van der Waals surface area contributed by atoms with Gasteiger partial charge >= 0.3 is 6.03 Å². The van der Waals surface area contributed by atoms with Gasteiger partial charge in [0, 0.05) is 13.1 Å². The van der Waals surface area contributed by atoms with Crippen LogP contribution >= 0.6 is 0 Å². The summed E-state index contributed by atoms with van der Waals surface area (Å²) in [5, 5.41) is 21.2. The van der Waals surface area contributed by atoms with Crippen LogP contribution in [0.1, 0.15) is 25.0 Å². The lowest BCUT2D eigenvalue weighted by molar-refractivity contribution is -0.0335. The van der Waals surface area contributed by atoms with Crippen molar-refractivity contribution in [2.45, 2.75) is 51.2 Å². The first kappa shape index (κ1) is 18.4. The Morgan fingerprint density at radius 1 is 0.731 bits per heavy atom. The van der Waals surface area contributed by atoms with Crippen molar-refractivity contribution in [1.82, 2.24) is 9.80 Å². The van der Waals surface area contributed by atoms with Gasteiger partial charge in [0.25, 0.3) is 0 Å². The van der Waals surface area contributed by atoms with Crippen LogP contribution in [-0.4, -0.2) is 50.3 Å². The minimum Gasteiger partial charge on any atom is -0.388 e. The molecule has 3 rings (SSSR count). The maximum Gasteiger partial charge on any atom is 0.321 e. The number of benzene rings is 2. The molecule has 26 heavy (non-hydrogen) atoms. The van der Waals surface area contributed by atoms with Crippen LogP contribution in [0.15, 0.2) is 60.7 Å². The van der Waals surface area contributed by atoms with Crippen molar-refractivity contribution < 1.29 is 15.0 Å². The van der Waals surface area contributed by atoms with Crippen molar-refractivity contribution in [3.05, 3.63) is 71.8 Å². The Balaban J connectivity index is 1.91. The zero-order valence-corrected chi connectivity index (χ0v) is 15.2. The zero-order chi connectivity index (χ0) is 18.7. The fraction of sp³-hybridized carbons (Fsp3) is 0.381. The largest absolute Gasteiger partial charge is 0.388 e. The fourth-order valence-electron chi connectivity index (χ4n) is 3.44. The predicted molar refractivity (Wildman–Crippen MR) is 100 cm³/mol. The second kappa shape index (κ2) is 7.89. The summed E-state index contributed by atoms with van der Waals surface area (Å²) in [5.41, 5.74) is 1.98. The summed E-state index contributed by atoms with van der Waals surface area (Å²) in [4.78, 5) is 16.6. The normalized spacial score (nSPS) is 26.7. The third-order valence-electron chi connectivity index (χ3n) is 5.20. The van der Waals surface area contributed by atoms with Crippen LogP contribution in [0, 0.1) is 0 Å². The number of hydrogen-bond donors (Lipinski definition) is 2. The van der Waals surface area contributed by atoms with Gasteiger partial charge in [-0.25, -0.2) is 4.79 Å². The lowest BCUT2D eigenvalue weighted by Crippen LogP contribution is -2.47. The monoisotopic (exact) mass is 354 g/mol. The smallest absolute Gasteiger partial charge is 0.321 e. The molecule has 5 nitrogen and oxygen atoms in total. The summed E-state index contributed by atoms with van der Waals surface area (Å²) in [6, 6.07) is 18.3. The van der Waals surface area contributed by atoms with E-state index in [0.29, 0.717) is 13.1 Å². The van der Waals surface area contributed by atoms with Gasteiger partial charge in [-0.15, -0.1) is 0 Å². The Hall–Kier alpha value is -2.37. The van der Waals surface area contributed by atoms with Crippen LogP contribution in [0.25, 0.3) is 0 Å². The Kier molecular flexibility index (Phi) is 5.59. The van der Waals surface area contributed by atoms with E-state index in [1.165, 1.54) is 0 Å². The Morgan fingerprint density at radius 3 is 1.42 bits per heavy atom. The standard InChI is InChI=1S/C21H26N2O3/c1-15-19(24)20(25)16(2)23(14-18-11-7-4-8-12-18)21(26)22(15)13-17-9-5-3-6-10-17/h3-12,15-16,19-20,24-25H,13-14H2,1-2H3/t15-,16-,19+,20+/m1/s1. The average Bonchev–Trinajstić information content (AvgIpc) is 2.73. The van der Waals surface area contributed by atoms with E-state index in [1.807, 2.05) is 60.7 Å². The first-order chi connectivity index (χ1) is 12.5. The summed E-state index contributed by atoms with van der Waals surface area (Å²) < 4.78 is 0. The molecule has 1 heterocycles. The summed E-state index contributed by atoms with van der Waals surface area (Å²) in [6.07, 6.45) is -2.00. The number of aliphatic hydroxyl groups excluding tert-OH is 2. The van der Waals surface area contributed by atoms with E-state index in [9.17, 15) is 15.0 Å². The molecule has 0 unspecified atom stereocenters.